The zero-order chi connectivity index (χ0) is 20.2. The van der Waals surface area contributed by atoms with E-state index in [0.717, 1.165) is 39.3 Å². The van der Waals surface area contributed by atoms with Crippen molar-refractivity contribution in [2.24, 2.45) is 7.05 Å². The number of benzene rings is 2. The minimum absolute atomic E-state index is 0.0330. The summed E-state index contributed by atoms with van der Waals surface area (Å²) in [6.07, 6.45) is 0.440. The molecular formula is C22H26N4O3. The lowest BCUT2D eigenvalue weighted by molar-refractivity contribution is -0.116. The van der Waals surface area contributed by atoms with Crippen LogP contribution in [0.1, 0.15) is 12.0 Å². The molecule has 1 fully saturated rings. The van der Waals surface area contributed by atoms with E-state index in [1.165, 1.54) is 10.1 Å². The van der Waals surface area contributed by atoms with E-state index in [2.05, 4.69) is 39.4 Å². The highest BCUT2D eigenvalue weighted by atomic mass is 16.4. The topological polar surface area (TPSA) is 70.7 Å². The second-order valence-corrected chi connectivity index (χ2v) is 7.51. The van der Waals surface area contributed by atoms with Gasteiger partial charge < -0.3 is 14.6 Å². The first-order valence-electron chi connectivity index (χ1n) is 9.96. The third kappa shape index (κ3) is 4.75. The van der Waals surface area contributed by atoms with Gasteiger partial charge in [-0.2, -0.15) is 0 Å². The summed E-state index contributed by atoms with van der Waals surface area (Å²) < 4.78 is 6.61. The van der Waals surface area contributed by atoms with Crippen molar-refractivity contribution in [1.29, 1.82) is 0 Å². The lowest BCUT2D eigenvalue weighted by Gasteiger charge is -2.34. The average molecular weight is 394 g/mol. The number of rotatable bonds is 6. The van der Waals surface area contributed by atoms with Gasteiger partial charge in [0.2, 0.25) is 5.91 Å². The number of carbonyl (C=O) groups is 1. The van der Waals surface area contributed by atoms with Crippen molar-refractivity contribution in [2.75, 3.05) is 38.0 Å². The van der Waals surface area contributed by atoms with Crippen LogP contribution in [0.5, 0.6) is 0 Å². The second-order valence-electron chi connectivity index (χ2n) is 7.51. The van der Waals surface area contributed by atoms with Crippen LogP contribution in [0.15, 0.2) is 57.7 Å². The van der Waals surface area contributed by atoms with Gasteiger partial charge in [-0.3, -0.25) is 14.3 Å². The zero-order valence-electron chi connectivity index (χ0n) is 16.6. The molecule has 0 spiro atoms. The van der Waals surface area contributed by atoms with Gasteiger partial charge in [0.25, 0.3) is 0 Å². The molecule has 1 saturated heterocycles. The minimum atomic E-state index is -0.408. The fourth-order valence-corrected chi connectivity index (χ4v) is 3.71. The summed E-state index contributed by atoms with van der Waals surface area (Å²) in [5.41, 5.74) is 3.17. The van der Waals surface area contributed by atoms with Crippen molar-refractivity contribution in [1.82, 2.24) is 14.4 Å². The van der Waals surface area contributed by atoms with Gasteiger partial charge in [0.05, 0.1) is 5.52 Å². The Kier molecular flexibility index (Phi) is 5.78. The molecule has 2 heterocycles. The molecule has 1 N–H and O–H groups in total. The molecular weight excluding hydrogens is 368 g/mol. The smallest absolute Gasteiger partial charge is 0.408 e. The summed E-state index contributed by atoms with van der Waals surface area (Å²) in [6.45, 7) is 5.70. The molecule has 0 radical (unpaired) electrons. The van der Waals surface area contributed by atoms with Crippen molar-refractivity contribution in [3.63, 3.8) is 0 Å². The van der Waals surface area contributed by atoms with Crippen molar-refractivity contribution in [3.8, 4) is 0 Å². The summed E-state index contributed by atoms with van der Waals surface area (Å²) in [7, 11) is 1.66. The molecule has 0 bridgehead atoms. The lowest BCUT2D eigenvalue weighted by atomic mass is 10.2. The number of aryl methyl sites for hydroxylation is 1. The number of anilines is 1. The zero-order valence-corrected chi connectivity index (χ0v) is 16.6. The molecule has 1 aliphatic heterocycles. The predicted octanol–water partition coefficient (Wildman–Crippen LogP) is 2.28. The highest BCUT2D eigenvalue weighted by Crippen LogP contribution is 2.18. The van der Waals surface area contributed by atoms with Crippen LogP contribution in [0.25, 0.3) is 11.1 Å². The molecule has 0 atom stereocenters. The Morgan fingerprint density at radius 2 is 1.76 bits per heavy atom. The Morgan fingerprint density at radius 1 is 1.03 bits per heavy atom. The SMILES string of the molecule is Cn1c(=O)oc2cc(NC(=O)CCN3CCN(Cc4ccccc4)CC3)ccc21. The maximum Gasteiger partial charge on any atom is 0.419 e. The van der Waals surface area contributed by atoms with E-state index in [1.807, 2.05) is 6.07 Å². The Balaban J connectivity index is 1.23. The van der Waals surface area contributed by atoms with E-state index in [0.29, 0.717) is 23.2 Å². The van der Waals surface area contributed by atoms with Gasteiger partial charge in [-0.25, -0.2) is 4.79 Å². The van der Waals surface area contributed by atoms with Gasteiger partial charge in [0, 0.05) is 64.5 Å². The van der Waals surface area contributed by atoms with Crippen LogP contribution < -0.4 is 11.1 Å². The maximum atomic E-state index is 12.3. The summed E-state index contributed by atoms with van der Waals surface area (Å²) in [5.74, 6) is -0.441. The number of hydrogen-bond acceptors (Lipinski definition) is 5. The molecule has 3 aromatic rings. The minimum Gasteiger partial charge on any atom is -0.408 e. The number of oxazole rings is 1. The first kappa shape index (κ1) is 19.4. The first-order chi connectivity index (χ1) is 14.1. The van der Waals surface area contributed by atoms with Crippen molar-refractivity contribution >= 4 is 22.7 Å². The van der Waals surface area contributed by atoms with Gasteiger partial charge in [-0.15, -0.1) is 0 Å². The van der Waals surface area contributed by atoms with Crippen molar-refractivity contribution in [3.05, 3.63) is 64.6 Å². The van der Waals surface area contributed by atoms with Gasteiger partial charge in [0.1, 0.15) is 0 Å². The molecule has 2 aromatic carbocycles. The fourth-order valence-electron chi connectivity index (χ4n) is 3.71. The Bertz CT molecular complexity index is 1030. The average Bonchev–Trinajstić information content (AvgIpc) is 3.01. The molecule has 0 aliphatic carbocycles. The third-order valence-electron chi connectivity index (χ3n) is 5.45. The molecule has 0 unspecified atom stereocenters. The van der Waals surface area contributed by atoms with Gasteiger partial charge in [-0.05, 0) is 17.7 Å². The van der Waals surface area contributed by atoms with E-state index >= 15 is 0 Å². The molecule has 7 nitrogen and oxygen atoms in total. The number of carbonyl (C=O) groups excluding carboxylic acids is 1. The van der Waals surface area contributed by atoms with Crippen molar-refractivity contribution in [2.45, 2.75) is 13.0 Å². The number of nitrogens with one attached hydrogen (secondary N) is 1. The first-order valence-corrected chi connectivity index (χ1v) is 9.96. The maximum absolute atomic E-state index is 12.3. The number of fused-ring (bicyclic) bond motifs is 1. The number of nitrogens with zero attached hydrogens (tertiary/aromatic N) is 3. The molecule has 1 amide bonds. The van der Waals surface area contributed by atoms with Gasteiger partial charge >= 0.3 is 5.76 Å². The molecule has 152 valence electrons. The lowest BCUT2D eigenvalue weighted by Crippen LogP contribution is -2.46. The molecule has 1 aliphatic rings. The van der Waals surface area contributed by atoms with Crippen LogP contribution in [0, 0.1) is 0 Å². The fraction of sp³-hybridized carbons (Fsp3) is 0.364. The van der Waals surface area contributed by atoms with E-state index < -0.39 is 5.76 Å². The quantitative estimate of drug-likeness (QED) is 0.695. The Labute approximate surface area is 169 Å². The second kappa shape index (κ2) is 8.63. The molecule has 29 heavy (non-hydrogen) atoms. The van der Waals surface area contributed by atoms with Crippen LogP contribution in [-0.2, 0) is 18.4 Å². The van der Waals surface area contributed by atoms with Crippen LogP contribution in [0.4, 0.5) is 5.69 Å². The molecule has 1 aromatic heterocycles. The van der Waals surface area contributed by atoms with Crippen LogP contribution in [0.2, 0.25) is 0 Å². The summed E-state index contributed by atoms with van der Waals surface area (Å²) in [4.78, 5) is 28.7. The van der Waals surface area contributed by atoms with E-state index in [-0.39, 0.29) is 5.91 Å². The normalized spacial score (nSPS) is 15.6. The van der Waals surface area contributed by atoms with Crippen LogP contribution in [0.3, 0.4) is 0 Å². The number of hydrogen-bond donors (Lipinski definition) is 1. The number of aromatic nitrogens is 1. The molecule has 7 heteroatoms. The van der Waals surface area contributed by atoms with Crippen LogP contribution >= 0.6 is 0 Å². The van der Waals surface area contributed by atoms with Crippen LogP contribution in [-0.4, -0.2) is 53.0 Å². The molecule has 0 saturated carbocycles. The Hall–Kier alpha value is -2.90. The number of amides is 1. The molecule has 4 rings (SSSR count). The van der Waals surface area contributed by atoms with E-state index in [9.17, 15) is 9.59 Å². The van der Waals surface area contributed by atoms with Crippen molar-refractivity contribution < 1.29 is 9.21 Å². The summed E-state index contributed by atoms with van der Waals surface area (Å²) >= 11 is 0. The van der Waals surface area contributed by atoms with E-state index in [1.54, 1.807) is 25.2 Å². The van der Waals surface area contributed by atoms with Gasteiger partial charge in [-0.1, -0.05) is 30.3 Å². The van der Waals surface area contributed by atoms with E-state index in [4.69, 9.17) is 4.42 Å². The third-order valence-corrected chi connectivity index (χ3v) is 5.45. The standard InChI is InChI=1S/C22H26N4O3/c1-24-19-8-7-18(15-20(19)29-22(24)28)23-21(27)9-10-25-11-13-26(14-12-25)16-17-5-3-2-4-6-17/h2-8,15H,9-14,16H2,1H3,(H,23,27). The van der Waals surface area contributed by atoms with Gasteiger partial charge in [0.15, 0.2) is 5.58 Å². The Morgan fingerprint density at radius 3 is 2.52 bits per heavy atom. The largest absolute Gasteiger partial charge is 0.419 e. The highest BCUT2D eigenvalue weighted by Gasteiger charge is 2.17. The monoisotopic (exact) mass is 394 g/mol. The summed E-state index contributed by atoms with van der Waals surface area (Å²) in [5, 5.41) is 2.90. The summed E-state index contributed by atoms with van der Waals surface area (Å²) in [6, 6.07) is 15.8. The highest BCUT2D eigenvalue weighted by molar-refractivity contribution is 5.92. The number of piperazine rings is 1. The predicted molar refractivity (Wildman–Crippen MR) is 113 cm³/mol.